The van der Waals surface area contributed by atoms with Gasteiger partial charge in [-0.1, -0.05) is 19.4 Å². The highest BCUT2D eigenvalue weighted by Crippen LogP contribution is 2.42. The number of imide groups is 1. The number of likely N-dealkylation sites (tertiary alicyclic amines) is 2. The normalized spacial score (nSPS) is 22.8. The van der Waals surface area contributed by atoms with E-state index < -0.39 is 29.2 Å². The number of benzene rings is 3. The highest BCUT2D eigenvalue weighted by molar-refractivity contribution is 6.02. The third-order valence-corrected chi connectivity index (χ3v) is 19.4. The second-order valence-electron chi connectivity index (χ2n) is 26.7. The lowest BCUT2D eigenvalue weighted by Crippen LogP contribution is -2.57. The van der Waals surface area contributed by atoms with Crippen molar-refractivity contribution in [3.63, 3.8) is 0 Å². The first-order valence-electron chi connectivity index (χ1n) is 31.7. The van der Waals surface area contributed by atoms with Gasteiger partial charge in [-0.2, -0.15) is 9.97 Å². The van der Waals surface area contributed by atoms with Crippen LogP contribution in [0.3, 0.4) is 0 Å². The molecule has 6 fully saturated rings. The molecule has 3 unspecified atom stereocenters. The molecule has 87 heavy (non-hydrogen) atoms. The Hall–Kier alpha value is -6.97. The monoisotopic (exact) mass is 1200 g/mol. The number of halogens is 2. The zero-order valence-corrected chi connectivity index (χ0v) is 51.8. The fraction of sp³-hybridized carbons (Fsp3) is 0.591. The van der Waals surface area contributed by atoms with Crippen molar-refractivity contribution in [1.82, 2.24) is 44.1 Å². The molecule has 6 aliphatic heterocycles. The van der Waals surface area contributed by atoms with Crippen molar-refractivity contribution in [1.29, 1.82) is 0 Å². The number of piperazine rings is 1. The van der Waals surface area contributed by atoms with Gasteiger partial charge in [0.25, 0.3) is 0 Å². The van der Waals surface area contributed by atoms with Crippen LogP contribution < -0.4 is 30.3 Å². The highest BCUT2D eigenvalue weighted by Gasteiger charge is 2.45. The molecule has 12 rings (SSSR count). The van der Waals surface area contributed by atoms with Gasteiger partial charge in [-0.3, -0.25) is 38.8 Å². The van der Waals surface area contributed by atoms with Gasteiger partial charge in [0.2, 0.25) is 11.8 Å². The summed E-state index contributed by atoms with van der Waals surface area (Å²) in [5, 5.41) is 4.05. The molecule has 6 saturated heterocycles. The van der Waals surface area contributed by atoms with Crippen molar-refractivity contribution in [3.8, 4) is 23.0 Å². The van der Waals surface area contributed by atoms with Gasteiger partial charge in [0.1, 0.15) is 46.8 Å². The summed E-state index contributed by atoms with van der Waals surface area (Å²) < 4.78 is 60.2. The predicted octanol–water partition coefficient (Wildman–Crippen LogP) is 10.0. The summed E-state index contributed by atoms with van der Waals surface area (Å²) in [6.07, 6.45) is 11.7. The Bertz CT molecular complexity index is 3610. The summed E-state index contributed by atoms with van der Waals surface area (Å²) in [6, 6.07) is 11.8. The van der Waals surface area contributed by atoms with Gasteiger partial charge < -0.3 is 33.6 Å². The molecule has 5 atom stereocenters. The summed E-state index contributed by atoms with van der Waals surface area (Å²) in [5.41, 5.74) is 2.61. The van der Waals surface area contributed by atoms with Crippen LogP contribution in [0, 0.1) is 29.4 Å². The van der Waals surface area contributed by atoms with Gasteiger partial charge >= 0.3 is 17.8 Å². The van der Waals surface area contributed by atoms with Crippen molar-refractivity contribution < 1.29 is 42.1 Å². The first-order chi connectivity index (χ1) is 41.8. The third-order valence-electron chi connectivity index (χ3n) is 19.4. The van der Waals surface area contributed by atoms with E-state index in [9.17, 15) is 19.2 Å². The largest absolute Gasteiger partial charge is 0.468 e. The smallest absolute Gasteiger partial charge is 0.410 e. The minimum Gasteiger partial charge on any atom is -0.468 e. The molecule has 2 bridgehead atoms. The zero-order chi connectivity index (χ0) is 61.0. The lowest BCUT2D eigenvalue weighted by molar-refractivity contribution is -0.135. The van der Waals surface area contributed by atoms with E-state index in [0.717, 1.165) is 94.5 Å². The summed E-state index contributed by atoms with van der Waals surface area (Å²) in [6.45, 7) is 18.9. The molecular weight excluding hydrogens is 1110 g/mol. The van der Waals surface area contributed by atoms with Crippen LogP contribution in [0.5, 0.6) is 11.8 Å². The number of anilines is 2. The number of methoxy groups -OCH3 is 1. The fourth-order valence-electron chi connectivity index (χ4n) is 15.0. The summed E-state index contributed by atoms with van der Waals surface area (Å²) in [7, 11) is 3.67. The Morgan fingerprint density at radius 1 is 0.828 bits per heavy atom. The summed E-state index contributed by atoms with van der Waals surface area (Å²) >= 11 is 0. The van der Waals surface area contributed by atoms with Crippen LogP contribution in [0.25, 0.3) is 44.0 Å². The molecule has 3 amide bonds. The number of rotatable bonds is 17. The van der Waals surface area contributed by atoms with Crippen LogP contribution in [-0.2, 0) is 25.5 Å². The van der Waals surface area contributed by atoms with Crippen molar-refractivity contribution >= 4 is 62.1 Å². The van der Waals surface area contributed by atoms with Gasteiger partial charge in [0, 0.05) is 82.3 Å². The van der Waals surface area contributed by atoms with E-state index in [-0.39, 0.29) is 72.3 Å². The number of nitrogens with zero attached hydrogens (tertiary/aromatic N) is 10. The number of hydrogen-bond donors (Lipinski definition) is 1. The van der Waals surface area contributed by atoms with E-state index in [1.54, 1.807) is 33.5 Å². The van der Waals surface area contributed by atoms with Crippen molar-refractivity contribution in [3.05, 3.63) is 76.3 Å². The summed E-state index contributed by atoms with van der Waals surface area (Å²) in [5.74, 6) is 0.943. The predicted molar refractivity (Wildman–Crippen MR) is 331 cm³/mol. The molecule has 19 nitrogen and oxygen atoms in total. The van der Waals surface area contributed by atoms with E-state index in [2.05, 4.69) is 44.1 Å². The number of aryl methyl sites for hydroxylation is 1. The number of hydrogen-bond acceptors (Lipinski definition) is 15. The molecule has 6 aromatic rings. The molecule has 0 aliphatic carbocycles. The molecule has 3 aromatic heterocycles. The lowest BCUT2D eigenvalue weighted by Gasteiger charge is -2.42. The number of ether oxygens (including phenoxy) is 4. The second kappa shape index (κ2) is 24.9. The van der Waals surface area contributed by atoms with Crippen LogP contribution in [0.15, 0.2) is 53.5 Å². The standard InChI is InChI=1S/C66H85F2N11O8/c1-9-49-52(67)16-12-43-29-48(86-38-84-8)31-50(57(43)49)59-58(68)60-51(32-69-59)61(76-35-45-13-14-46(36-76)78(45)65(83)87-66(4,5)6)72-63(71-60)85-37-47-28-42(33-73(47)7)11-10-40-20-24-74(25-21-40)34-41-22-26-75(27-23-41)44-15-17-53-55(30-44)77(39(2)3)64(82)79(53)54-18-19-56(80)70-62(54)81/h12,15-17,29-32,39-42,45-47,54H,9-11,13-14,18-28,33-38H2,1-8H3,(H,70,80,81)/t42-,45?,46?,47+,54?/m1/s1. The molecule has 0 radical (unpaired) electrons. The Kier molecular flexibility index (Phi) is 17.3. The van der Waals surface area contributed by atoms with E-state index in [1.165, 1.54) is 32.4 Å². The number of carbonyl (C=O) groups is 3. The third kappa shape index (κ3) is 12.3. The Labute approximate surface area is 507 Å². The Morgan fingerprint density at radius 3 is 2.26 bits per heavy atom. The minimum absolute atomic E-state index is 0.00121. The maximum absolute atomic E-state index is 17.7. The summed E-state index contributed by atoms with van der Waals surface area (Å²) in [4.78, 5) is 78.2. The quantitative estimate of drug-likeness (QED) is 0.0672. The number of pyridine rings is 1. The zero-order valence-electron chi connectivity index (χ0n) is 51.8. The molecular formula is C66H85F2N11O8. The number of imidazole rings is 1. The number of carbonyl (C=O) groups excluding carboxylic acids is 3. The van der Waals surface area contributed by atoms with Crippen LogP contribution in [0.2, 0.25) is 0 Å². The number of nitrogens with one attached hydrogen (secondary N) is 1. The number of piperidine rings is 3. The highest BCUT2D eigenvalue weighted by atomic mass is 19.1. The Balaban J connectivity index is 0.682. The molecule has 3 aromatic carbocycles. The molecule has 9 heterocycles. The van der Waals surface area contributed by atoms with E-state index in [0.29, 0.717) is 89.1 Å². The maximum atomic E-state index is 17.7. The SMILES string of the molecule is CCc1c(F)ccc2cc(OCOC)cc(-c3ncc4c(N5CC6CCC(C5)N6C(=O)OC(C)(C)C)nc(OC[C@@H]5C[C@@H](CCC6CCN(CC7CCN(c8ccc9c(c8)n(C(C)C)c(=O)n9C8CCC(=O)NC8=O)CC7)CC6)CN5C)nc4c3F)c12. The van der Waals surface area contributed by atoms with Gasteiger partial charge in [-0.15, -0.1) is 0 Å². The van der Waals surface area contributed by atoms with Crippen LogP contribution >= 0.6 is 0 Å². The molecule has 0 spiro atoms. The molecule has 21 heteroatoms. The average molecular weight is 1200 g/mol. The second-order valence-corrected chi connectivity index (χ2v) is 26.7. The fourth-order valence-corrected chi connectivity index (χ4v) is 15.0. The van der Waals surface area contributed by atoms with E-state index >= 15 is 8.78 Å². The average Bonchev–Trinajstić information content (AvgIpc) is 1.93. The van der Waals surface area contributed by atoms with Crippen molar-refractivity contribution in [2.75, 3.05) is 89.7 Å². The van der Waals surface area contributed by atoms with E-state index in [1.807, 2.05) is 52.5 Å². The first kappa shape index (κ1) is 60.3. The first-order valence-corrected chi connectivity index (χ1v) is 31.7. The maximum Gasteiger partial charge on any atom is 0.410 e. The number of aromatic nitrogens is 5. The number of fused-ring (bicyclic) bond motifs is 5. The molecule has 6 aliphatic rings. The molecule has 1 N–H and O–H groups in total. The van der Waals surface area contributed by atoms with E-state index in [4.69, 9.17) is 33.9 Å². The number of likely N-dealkylation sites (N-methyl/N-ethyl adjacent to an activating group) is 1. The Morgan fingerprint density at radius 2 is 1.56 bits per heavy atom. The molecule has 466 valence electrons. The van der Waals surface area contributed by atoms with Gasteiger partial charge in [0.05, 0.1) is 28.5 Å². The topological polar surface area (TPSA) is 182 Å². The van der Waals surface area contributed by atoms with Crippen LogP contribution in [0.4, 0.5) is 25.1 Å². The number of amides is 3. The lowest BCUT2D eigenvalue weighted by atomic mass is 9.87. The van der Waals surface area contributed by atoms with Gasteiger partial charge in [-0.25, -0.2) is 18.4 Å². The van der Waals surface area contributed by atoms with Gasteiger partial charge in [0.15, 0.2) is 12.6 Å². The van der Waals surface area contributed by atoms with Crippen LogP contribution in [-0.4, -0.2) is 160 Å². The van der Waals surface area contributed by atoms with Gasteiger partial charge in [-0.05, 0) is 189 Å². The van der Waals surface area contributed by atoms with Crippen molar-refractivity contribution in [2.45, 2.75) is 154 Å². The molecule has 0 saturated carbocycles. The minimum atomic E-state index is -0.710. The van der Waals surface area contributed by atoms with Crippen LogP contribution in [0.1, 0.15) is 130 Å². The van der Waals surface area contributed by atoms with Crippen molar-refractivity contribution in [2.24, 2.45) is 17.8 Å².